The van der Waals surface area contributed by atoms with Gasteiger partial charge in [-0.25, -0.2) is 9.78 Å². The lowest BCUT2D eigenvalue weighted by Crippen LogP contribution is -2.54. The van der Waals surface area contributed by atoms with Gasteiger partial charge in [0.15, 0.2) is 28.7 Å². The van der Waals surface area contributed by atoms with Gasteiger partial charge in [-0.1, -0.05) is 5.92 Å². The number of methoxy groups -OCH3 is 2. The van der Waals surface area contributed by atoms with Gasteiger partial charge in [-0.05, 0) is 0 Å². The number of anilines is 1. The number of carbonyl (C=O) groups excluding carboxylic acids is 1. The number of terminal acetylenes is 1. The van der Waals surface area contributed by atoms with Crippen molar-refractivity contribution in [2.45, 2.75) is 30.5 Å². The molecule has 0 bridgehead atoms. The van der Waals surface area contributed by atoms with E-state index in [2.05, 4.69) is 20.9 Å². The van der Waals surface area contributed by atoms with Crippen molar-refractivity contribution in [3.8, 4) is 12.3 Å². The Morgan fingerprint density at radius 1 is 1.55 bits per heavy atom. The molecule has 4 atom stereocenters. The number of nitrogens with zero attached hydrogens (tertiary/aromatic N) is 4. The molecule has 0 amide bonds. The summed E-state index contributed by atoms with van der Waals surface area (Å²) in [5.74, 6) is 1.35. The van der Waals surface area contributed by atoms with E-state index >= 15 is 0 Å². The number of carbonyl (C=O) groups is 1. The van der Waals surface area contributed by atoms with Crippen LogP contribution in [0.25, 0.3) is 11.2 Å². The molecule has 0 aromatic carbocycles. The number of hydrogen-bond donors (Lipinski definition) is 2. The summed E-state index contributed by atoms with van der Waals surface area (Å²) in [6, 6.07) is 0. The average molecular weight is 409 g/mol. The van der Waals surface area contributed by atoms with Crippen molar-refractivity contribution in [1.29, 1.82) is 0 Å². The molecule has 0 aliphatic carbocycles. The Morgan fingerprint density at radius 3 is 2.97 bits per heavy atom. The summed E-state index contributed by atoms with van der Waals surface area (Å²) in [5, 5.41) is 10.7. The summed E-state index contributed by atoms with van der Waals surface area (Å²) in [4.78, 5) is 23.5. The fourth-order valence-electron chi connectivity index (χ4n) is 3.18. The lowest BCUT2D eigenvalue weighted by atomic mass is 9.91. The van der Waals surface area contributed by atoms with E-state index in [9.17, 15) is 14.3 Å². The third-order valence-electron chi connectivity index (χ3n) is 4.58. The molecule has 1 unspecified atom stereocenters. The molecule has 3 heterocycles. The lowest BCUT2D eigenvalue weighted by molar-refractivity contribution is -0.186. The number of aliphatic hydroxyl groups is 1. The maximum Gasteiger partial charge on any atom is 0.339 e. The van der Waals surface area contributed by atoms with Crippen molar-refractivity contribution in [1.82, 2.24) is 19.5 Å². The zero-order valence-corrected chi connectivity index (χ0v) is 15.7. The second kappa shape index (κ2) is 8.26. The topological polar surface area (TPSA) is 144 Å². The first-order valence-corrected chi connectivity index (χ1v) is 8.55. The summed E-state index contributed by atoms with van der Waals surface area (Å²) in [7, 11) is 2.62. The fourth-order valence-corrected chi connectivity index (χ4v) is 3.18. The highest BCUT2D eigenvalue weighted by molar-refractivity contribution is 5.81. The van der Waals surface area contributed by atoms with E-state index in [0.29, 0.717) is 0 Å². The summed E-state index contributed by atoms with van der Waals surface area (Å²) < 4.78 is 36.1. The van der Waals surface area contributed by atoms with Crippen molar-refractivity contribution in [3.05, 3.63) is 12.4 Å². The van der Waals surface area contributed by atoms with E-state index in [1.54, 1.807) is 0 Å². The minimum atomic E-state index is -1.86. The quantitative estimate of drug-likeness (QED) is 0.263. The first kappa shape index (κ1) is 20.9. The number of fused-ring (bicyclic) bond motifs is 1. The smallest absolute Gasteiger partial charge is 0.339 e. The molecule has 3 rings (SSSR count). The van der Waals surface area contributed by atoms with Gasteiger partial charge in [-0.3, -0.25) is 4.57 Å². The minimum Gasteiger partial charge on any atom is -0.467 e. The number of nitrogen functional groups attached to an aromatic ring is 1. The Labute approximate surface area is 164 Å². The molecule has 1 aliphatic heterocycles. The van der Waals surface area contributed by atoms with E-state index in [0.717, 1.165) is 7.11 Å². The van der Waals surface area contributed by atoms with Crippen LogP contribution in [-0.4, -0.2) is 75.8 Å². The van der Waals surface area contributed by atoms with Gasteiger partial charge >= 0.3 is 12.0 Å². The number of aromatic nitrogens is 4. The number of imidazole rings is 1. The maximum atomic E-state index is 13.6. The highest BCUT2D eigenvalue weighted by Crippen LogP contribution is 2.41. The highest BCUT2D eigenvalue weighted by Gasteiger charge is 2.57. The van der Waals surface area contributed by atoms with Crippen LogP contribution in [0.4, 0.5) is 10.2 Å². The number of aliphatic hydroxyl groups excluding tert-OH is 1. The summed E-state index contributed by atoms with van der Waals surface area (Å²) >= 11 is 0. The molecule has 1 saturated heterocycles. The minimum absolute atomic E-state index is 0.00339. The van der Waals surface area contributed by atoms with Crippen molar-refractivity contribution < 1.29 is 33.2 Å². The second-order valence-electron chi connectivity index (χ2n) is 6.23. The Balaban J connectivity index is 1.97. The number of rotatable bonds is 7. The third-order valence-corrected chi connectivity index (χ3v) is 4.58. The molecular formula is C17H20FN5O6. The van der Waals surface area contributed by atoms with Gasteiger partial charge in [-0.15, -0.1) is 6.42 Å². The summed E-state index contributed by atoms with van der Waals surface area (Å²) in [6.45, 7) is 0.179. The number of ether oxygens (including phenoxy) is 4. The van der Waals surface area contributed by atoms with E-state index in [1.807, 2.05) is 0 Å². The molecule has 0 saturated carbocycles. The Morgan fingerprint density at radius 2 is 2.31 bits per heavy atom. The fraction of sp³-hybridized carbons (Fsp3) is 0.529. The van der Waals surface area contributed by atoms with Crippen LogP contribution in [0.5, 0.6) is 0 Å². The van der Waals surface area contributed by atoms with Crippen LogP contribution in [0.2, 0.25) is 0 Å². The molecule has 2 aromatic rings. The van der Waals surface area contributed by atoms with Gasteiger partial charge in [0.05, 0.1) is 26.7 Å². The third kappa shape index (κ3) is 3.60. The van der Waals surface area contributed by atoms with E-state index in [4.69, 9.17) is 31.1 Å². The van der Waals surface area contributed by atoms with Gasteiger partial charge < -0.3 is 29.8 Å². The van der Waals surface area contributed by atoms with Crippen molar-refractivity contribution in [2.75, 3.05) is 33.2 Å². The molecule has 156 valence electrons. The number of esters is 1. The van der Waals surface area contributed by atoms with Gasteiger partial charge in [0, 0.05) is 13.5 Å². The zero-order valence-electron chi connectivity index (χ0n) is 15.7. The van der Waals surface area contributed by atoms with Gasteiger partial charge in [0.2, 0.25) is 0 Å². The molecule has 1 fully saturated rings. The van der Waals surface area contributed by atoms with E-state index in [-0.39, 0.29) is 36.6 Å². The highest BCUT2D eigenvalue weighted by atomic mass is 19.1. The summed E-state index contributed by atoms with van der Waals surface area (Å²) in [6.07, 6.45) is 2.17. The number of nitrogens with two attached hydrogens (primary N) is 1. The number of halogens is 1. The second-order valence-corrected chi connectivity index (χ2v) is 6.23. The Bertz CT molecular complexity index is 946. The standard InChI is InChI=1S/C17H20FN5O6/c1-4-17(12(15(25)27-3)28-6-5-26-2)9(24)7-10(29-17)23-8-20-11-13(19)21-16(18)22-14(11)23/h1,8-10,12,24H,5-7H2,2-3H3,(H2,19,21,22)/t9-,10+,12?,17+/m0/s1. The molecule has 2 aromatic heterocycles. The predicted molar refractivity (Wildman–Crippen MR) is 95.6 cm³/mol. The Kier molecular flexibility index (Phi) is 5.94. The van der Waals surface area contributed by atoms with Crippen LogP contribution < -0.4 is 5.73 Å². The molecule has 11 nitrogen and oxygen atoms in total. The molecule has 3 N–H and O–H groups in total. The maximum absolute atomic E-state index is 13.6. The molecule has 1 aliphatic rings. The predicted octanol–water partition coefficient (Wildman–Crippen LogP) is -0.596. The molecule has 0 radical (unpaired) electrons. The lowest BCUT2D eigenvalue weighted by Gasteiger charge is -2.33. The van der Waals surface area contributed by atoms with Crippen molar-refractivity contribution in [3.63, 3.8) is 0 Å². The van der Waals surface area contributed by atoms with Crippen molar-refractivity contribution in [2.24, 2.45) is 0 Å². The van der Waals surface area contributed by atoms with E-state index < -0.39 is 36.1 Å². The largest absolute Gasteiger partial charge is 0.467 e. The summed E-state index contributed by atoms with van der Waals surface area (Å²) in [5.41, 5.74) is 4.01. The van der Waals surface area contributed by atoms with Crippen LogP contribution in [0.15, 0.2) is 6.33 Å². The van der Waals surface area contributed by atoms with Crippen LogP contribution >= 0.6 is 0 Å². The van der Waals surface area contributed by atoms with Crippen LogP contribution in [0, 0.1) is 18.4 Å². The first-order chi connectivity index (χ1) is 13.9. The molecular weight excluding hydrogens is 389 g/mol. The van der Waals surface area contributed by atoms with Gasteiger partial charge in [-0.2, -0.15) is 14.4 Å². The van der Waals surface area contributed by atoms with Crippen LogP contribution in [0.3, 0.4) is 0 Å². The van der Waals surface area contributed by atoms with E-state index in [1.165, 1.54) is 18.0 Å². The number of hydrogen-bond acceptors (Lipinski definition) is 10. The average Bonchev–Trinajstić information content (AvgIpc) is 3.26. The van der Waals surface area contributed by atoms with Crippen LogP contribution in [0.1, 0.15) is 12.6 Å². The normalized spacial score (nSPS) is 25.1. The zero-order chi connectivity index (χ0) is 21.2. The molecule has 29 heavy (non-hydrogen) atoms. The Hall–Kier alpha value is -2.85. The van der Waals surface area contributed by atoms with Gasteiger partial charge in [0.1, 0.15) is 12.3 Å². The van der Waals surface area contributed by atoms with Crippen molar-refractivity contribution >= 4 is 23.0 Å². The monoisotopic (exact) mass is 409 g/mol. The first-order valence-electron chi connectivity index (χ1n) is 8.55. The molecule has 12 heteroatoms. The van der Waals surface area contributed by atoms with Gasteiger partial charge in [0.25, 0.3) is 0 Å². The SMILES string of the molecule is C#C[C@@]1(C(OCCOC)C(=O)OC)O[C@@H](n2cnc3c(N)nc(F)nc32)C[C@@H]1O. The van der Waals surface area contributed by atoms with Crippen LogP contribution in [-0.2, 0) is 23.7 Å². The molecule has 0 spiro atoms.